The first-order valence-corrected chi connectivity index (χ1v) is 18.1. The third kappa shape index (κ3) is 8.82. The summed E-state index contributed by atoms with van der Waals surface area (Å²) in [6, 6.07) is 31.2. The number of nitrogens with zero attached hydrogens (tertiary/aromatic N) is 2. The lowest BCUT2D eigenvalue weighted by Crippen LogP contribution is -2.55. The Morgan fingerprint density at radius 2 is 1.43 bits per heavy atom. The summed E-state index contributed by atoms with van der Waals surface area (Å²) in [6.45, 7) is 1.55. The third-order valence-corrected chi connectivity index (χ3v) is 10.9. The molecule has 7 nitrogen and oxygen atoms in total. The second-order valence-electron chi connectivity index (χ2n) is 12.0. The molecule has 4 aromatic carbocycles. The number of rotatable bonds is 13. The molecule has 1 aliphatic carbocycles. The molecule has 1 unspecified atom stereocenters. The van der Waals surface area contributed by atoms with Crippen molar-refractivity contribution in [2.45, 2.75) is 75.4 Å². The molecule has 9 heteroatoms. The van der Waals surface area contributed by atoms with Gasteiger partial charge in [0.2, 0.25) is 11.8 Å². The Kier molecular flexibility index (Phi) is 11.7. The molecule has 0 radical (unpaired) electrons. The van der Waals surface area contributed by atoms with Gasteiger partial charge < -0.3 is 10.2 Å². The van der Waals surface area contributed by atoms with Crippen molar-refractivity contribution < 1.29 is 18.0 Å². The predicted octanol–water partition coefficient (Wildman–Crippen LogP) is 7.19. The number of carbonyl (C=O) groups excluding carboxylic acids is 2. The van der Waals surface area contributed by atoms with E-state index in [1.165, 1.54) is 17.0 Å². The van der Waals surface area contributed by atoms with Gasteiger partial charge in [-0.15, -0.1) is 0 Å². The van der Waals surface area contributed by atoms with Crippen LogP contribution in [0.25, 0.3) is 0 Å². The average Bonchev–Trinajstić information content (AvgIpc) is 3.10. The van der Waals surface area contributed by atoms with Crippen LogP contribution in [0.4, 0.5) is 5.69 Å². The van der Waals surface area contributed by atoms with E-state index in [9.17, 15) is 18.0 Å². The van der Waals surface area contributed by atoms with Crippen LogP contribution in [0.3, 0.4) is 0 Å². The zero-order valence-corrected chi connectivity index (χ0v) is 28.3. The molecule has 1 N–H and O–H groups in total. The van der Waals surface area contributed by atoms with Crippen molar-refractivity contribution in [1.82, 2.24) is 10.2 Å². The maximum atomic E-state index is 14.7. The normalized spacial score (nSPS) is 14.3. The van der Waals surface area contributed by atoms with Crippen LogP contribution in [-0.2, 0) is 39.0 Å². The van der Waals surface area contributed by atoms with Crippen molar-refractivity contribution >= 4 is 39.1 Å². The van der Waals surface area contributed by atoms with E-state index in [-0.39, 0.29) is 29.8 Å². The number of benzene rings is 4. The molecular weight excluding hydrogens is 630 g/mol. The highest BCUT2D eigenvalue weighted by molar-refractivity contribution is 7.92. The second kappa shape index (κ2) is 16.1. The highest BCUT2D eigenvalue weighted by atomic mass is 35.5. The maximum absolute atomic E-state index is 14.7. The highest BCUT2D eigenvalue weighted by Crippen LogP contribution is 2.27. The van der Waals surface area contributed by atoms with Crippen LogP contribution < -0.4 is 9.62 Å². The largest absolute Gasteiger partial charge is 0.352 e. The summed E-state index contributed by atoms with van der Waals surface area (Å²) in [5, 5.41) is 3.69. The van der Waals surface area contributed by atoms with Gasteiger partial charge >= 0.3 is 0 Å². The fourth-order valence-corrected chi connectivity index (χ4v) is 7.69. The van der Waals surface area contributed by atoms with Gasteiger partial charge in [-0.2, -0.15) is 0 Å². The van der Waals surface area contributed by atoms with E-state index in [1.54, 1.807) is 36.4 Å². The smallest absolute Gasteiger partial charge is 0.264 e. The Bertz CT molecular complexity index is 1730. The first-order valence-electron chi connectivity index (χ1n) is 16.3. The quantitative estimate of drug-likeness (QED) is 0.163. The third-order valence-electron chi connectivity index (χ3n) is 8.76. The zero-order chi connectivity index (χ0) is 33.2. The number of anilines is 1. The molecule has 0 bridgehead atoms. The van der Waals surface area contributed by atoms with Gasteiger partial charge in [-0.1, -0.05) is 117 Å². The number of hydrogen-bond donors (Lipinski definition) is 1. The Labute approximate surface area is 283 Å². The number of amides is 2. The minimum absolute atomic E-state index is 0.0267. The molecule has 0 heterocycles. The number of nitrogens with one attached hydrogen (secondary N) is 1. The second-order valence-corrected chi connectivity index (χ2v) is 14.3. The minimum Gasteiger partial charge on any atom is -0.352 e. The summed E-state index contributed by atoms with van der Waals surface area (Å²) in [7, 11) is -4.15. The van der Waals surface area contributed by atoms with E-state index in [0.717, 1.165) is 54.0 Å². The van der Waals surface area contributed by atoms with Crippen molar-refractivity contribution in [2.75, 3.05) is 10.8 Å². The van der Waals surface area contributed by atoms with Crippen LogP contribution in [0.2, 0.25) is 5.02 Å². The molecule has 4 aromatic rings. The number of sulfonamides is 1. The van der Waals surface area contributed by atoms with Gasteiger partial charge in [0.25, 0.3) is 10.0 Å². The number of aryl methyl sites for hydroxylation is 1. The SMILES string of the molecule is CCc1ccc(N(CC(=O)N(Cc2ccccc2Cl)C(Cc2ccccc2)C(=O)NC2CCCCC2)S(=O)(=O)c2ccccc2)cc1. The minimum atomic E-state index is -4.15. The Balaban J connectivity index is 1.56. The Morgan fingerprint density at radius 3 is 2.06 bits per heavy atom. The lowest BCUT2D eigenvalue weighted by Gasteiger charge is -2.35. The fraction of sp³-hybridized carbons (Fsp3) is 0.316. The molecule has 0 aromatic heterocycles. The molecule has 0 saturated heterocycles. The summed E-state index contributed by atoms with van der Waals surface area (Å²) < 4.78 is 29.5. The standard InChI is InChI=1S/C38H42ClN3O4S/c1-2-29-22-24-33(25-23-29)42(47(45,46)34-19-10-5-11-20-34)28-37(43)41(27-31-16-12-13-21-35(31)39)36(26-30-14-6-3-7-15-30)38(44)40-32-17-8-4-9-18-32/h3,5-7,10-16,19-25,32,36H,2,4,8-9,17-18,26-28H2,1H3,(H,40,44). The molecule has 1 atom stereocenters. The fourth-order valence-electron chi connectivity index (χ4n) is 6.05. The molecule has 47 heavy (non-hydrogen) atoms. The van der Waals surface area contributed by atoms with Crippen LogP contribution in [0.15, 0.2) is 114 Å². The molecule has 0 aliphatic heterocycles. The summed E-state index contributed by atoms with van der Waals surface area (Å²) >= 11 is 6.61. The number of carbonyl (C=O) groups is 2. The molecule has 1 fully saturated rings. The molecule has 5 rings (SSSR count). The Hall–Kier alpha value is -4.14. The maximum Gasteiger partial charge on any atom is 0.264 e. The highest BCUT2D eigenvalue weighted by Gasteiger charge is 2.35. The molecule has 2 amide bonds. The van der Waals surface area contributed by atoms with Crippen LogP contribution in [0, 0.1) is 0 Å². The van der Waals surface area contributed by atoms with Crippen LogP contribution in [-0.4, -0.2) is 43.8 Å². The van der Waals surface area contributed by atoms with E-state index >= 15 is 0 Å². The van der Waals surface area contributed by atoms with Crippen LogP contribution in [0.1, 0.15) is 55.7 Å². The average molecular weight is 672 g/mol. The molecule has 1 aliphatic rings. The van der Waals surface area contributed by atoms with Gasteiger partial charge in [0.05, 0.1) is 10.6 Å². The molecular formula is C38H42ClN3O4S. The zero-order valence-electron chi connectivity index (χ0n) is 26.7. The van der Waals surface area contributed by atoms with Crippen LogP contribution >= 0.6 is 11.6 Å². The van der Waals surface area contributed by atoms with E-state index < -0.39 is 28.5 Å². The monoisotopic (exact) mass is 671 g/mol. The van der Waals surface area contributed by atoms with E-state index in [1.807, 2.05) is 67.6 Å². The summed E-state index contributed by atoms with van der Waals surface area (Å²) in [5.74, 6) is -0.769. The van der Waals surface area contributed by atoms with E-state index in [0.29, 0.717) is 16.3 Å². The predicted molar refractivity (Wildman–Crippen MR) is 188 cm³/mol. The van der Waals surface area contributed by atoms with Crippen molar-refractivity contribution in [1.29, 1.82) is 0 Å². The van der Waals surface area contributed by atoms with Crippen molar-refractivity contribution in [2.24, 2.45) is 0 Å². The summed E-state index contributed by atoms with van der Waals surface area (Å²) in [5.41, 5.74) is 2.95. The topological polar surface area (TPSA) is 86.8 Å². The molecule has 1 saturated carbocycles. The van der Waals surface area contributed by atoms with Gasteiger partial charge in [-0.05, 0) is 66.3 Å². The van der Waals surface area contributed by atoms with Crippen molar-refractivity contribution in [3.8, 4) is 0 Å². The van der Waals surface area contributed by atoms with Crippen molar-refractivity contribution in [3.63, 3.8) is 0 Å². The lowest BCUT2D eigenvalue weighted by atomic mass is 9.94. The molecule has 246 valence electrons. The first-order chi connectivity index (χ1) is 22.8. The number of hydrogen-bond acceptors (Lipinski definition) is 4. The van der Waals surface area contributed by atoms with E-state index in [4.69, 9.17) is 11.6 Å². The van der Waals surface area contributed by atoms with Gasteiger partial charge in [-0.3, -0.25) is 13.9 Å². The molecule has 0 spiro atoms. The number of halogens is 1. The van der Waals surface area contributed by atoms with Gasteiger partial charge in [0, 0.05) is 24.0 Å². The van der Waals surface area contributed by atoms with Gasteiger partial charge in [0.15, 0.2) is 0 Å². The van der Waals surface area contributed by atoms with Gasteiger partial charge in [0.1, 0.15) is 12.6 Å². The van der Waals surface area contributed by atoms with Gasteiger partial charge in [-0.25, -0.2) is 8.42 Å². The van der Waals surface area contributed by atoms with E-state index in [2.05, 4.69) is 5.32 Å². The van der Waals surface area contributed by atoms with Crippen LogP contribution in [0.5, 0.6) is 0 Å². The van der Waals surface area contributed by atoms with Crippen molar-refractivity contribution in [3.05, 3.63) is 131 Å². The first kappa shape index (κ1) is 34.2. The summed E-state index contributed by atoms with van der Waals surface area (Å²) in [6.07, 6.45) is 6.04. The summed E-state index contributed by atoms with van der Waals surface area (Å²) in [4.78, 5) is 30.5. The lowest BCUT2D eigenvalue weighted by molar-refractivity contribution is -0.140. The Morgan fingerprint density at radius 1 is 0.809 bits per heavy atom.